The van der Waals surface area contributed by atoms with Crippen LogP contribution in [0, 0.1) is 6.92 Å². The van der Waals surface area contributed by atoms with Gasteiger partial charge in [-0.25, -0.2) is 8.42 Å². The number of benzene rings is 2. The molecule has 1 saturated heterocycles. The number of aryl methyl sites for hydroxylation is 1. The van der Waals surface area contributed by atoms with Gasteiger partial charge in [-0.15, -0.1) is 11.3 Å². The summed E-state index contributed by atoms with van der Waals surface area (Å²) in [5, 5.41) is 11.3. The van der Waals surface area contributed by atoms with E-state index in [-0.39, 0.29) is 22.0 Å². The summed E-state index contributed by atoms with van der Waals surface area (Å²) >= 11 is 1.20. The molecule has 0 radical (unpaired) electrons. The van der Waals surface area contributed by atoms with Crippen LogP contribution in [0.25, 0.3) is 10.9 Å². The Morgan fingerprint density at radius 1 is 1.21 bits per heavy atom. The number of thiophene rings is 1. The van der Waals surface area contributed by atoms with Crippen LogP contribution in [0.2, 0.25) is 0 Å². The Morgan fingerprint density at radius 3 is 2.76 bits per heavy atom. The second-order valence-electron chi connectivity index (χ2n) is 8.95. The van der Waals surface area contributed by atoms with Gasteiger partial charge in [0.05, 0.1) is 37.8 Å². The van der Waals surface area contributed by atoms with Crippen molar-refractivity contribution in [2.75, 3.05) is 31.6 Å². The maximum absolute atomic E-state index is 13.1. The number of aromatic nitrogens is 2. The molecule has 1 unspecified atom stereocenters. The predicted octanol–water partition coefficient (Wildman–Crippen LogP) is 2.87. The summed E-state index contributed by atoms with van der Waals surface area (Å²) in [6.45, 7) is 4.25. The molecule has 0 saturated carbocycles. The fourth-order valence-electron chi connectivity index (χ4n) is 4.35. The van der Waals surface area contributed by atoms with Gasteiger partial charge in [0.15, 0.2) is 5.82 Å². The van der Waals surface area contributed by atoms with Crippen molar-refractivity contribution in [3.8, 4) is 5.75 Å². The Morgan fingerprint density at radius 2 is 2.03 bits per heavy atom. The highest BCUT2D eigenvalue weighted by Gasteiger charge is 2.23. The first-order chi connectivity index (χ1) is 18.3. The van der Waals surface area contributed by atoms with E-state index in [1.54, 1.807) is 30.0 Å². The van der Waals surface area contributed by atoms with Crippen molar-refractivity contribution in [1.82, 2.24) is 20.4 Å². The van der Waals surface area contributed by atoms with E-state index < -0.39 is 10.0 Å². The predicted molar refractivity (Wildman–Crippen MR) is 146 cm³/mol. The molecule has 0 spiro atoms. The van der Waals surface area contributed by atoms with Gasteiger partial charge < -0.3 is 20.1 Å². The Hall–Kier alpha value is -3.45. The maximum Gasteiger partial charge on any atom is 0.272 e. The molecule has 38 heavy (non-hydrogen) atoms. The lowest BCUT2D eigenvalue weighted by Gasteiger charge is -2.22. The van der Waals surface area contributed by atoms with Gasteiger partial charge in [-0.3, -0.25) is 14.2 Å². The molecule has 1 atom stereocenters. The van der Waals surface area contributed by atoms with Crippen LogP contribution in [0.5, 0.6) is 5.75 Å². The molecule has 12 heteroatoms. The van der Waals surface area contributed by atoms with Crippen molar-refractivity contribution >= 4 is 44.0 Å². The number of hydrogen-bond donors (Lipinski definition) is 3. The number of nitrogens with zero attached hydrogens (tertiary/aromatic N) is 2. The molecule has 5 rings (SSSR count). The van der Waals surface area contributed by atoms with Crippen molar-refractivity contribution in [1.29, 1.82) is 0 Å². The Labute approximate surface area is 225 Å². The highest BCUT2D eigenvalue weighted by Crippen LogP contribution is 2.34. The highest BCUT2D eigenvalue weighted by atomic mass is 32.2. The van der Waals surface area contributed by atoms with E-state index in [0.717, 1.165) is 21.5 Å². The van der Waals surface area contributed by atoms with Gasteiger partial charge in [-0.1, -0.05) is 30.3 Å². The molecule has 0 aliphatic carbocycles. The number of rotatable bonds is 9. The van der Waals surface area contributed by atoms with E-state index in [1.165, 1.54) is 11.3 Å². The third kappa shape index (κ3) is 5.68. The zero-order chi connectivity index (χ0) is 26.7. The molecule has 1 fully saturated rings. The number of fused-ring (bicyclic) bond motifs is 1. The van der Waals surface area contributed by atoms with Crippen molar-refractivity contribution in [3.63, 3.8) is 0 Å². The molecule has 1 amide bonds. The van der Waals surface area contributed by atoms with Gasteiger partial charge in [-0.05, 0) is 42.3 Å². The second kappa shape index (κ2) is 11.1. The fourth-order valence-corrected chi connectivity index (χ4v) is 6.64. The van der Waals surface area contributed by atoms with E-state index in [0.29, 0.717) is 44.0 Å². The molecule has 2 aromatic heterocycles. The zero-order valence-corrected chi connectivity index (χ0v) is 22.7. The van der Waals surface area contributed by atoms with Gasteiger partial charge in [0.1, 0.15) is 16.0 Å². The van der Waals surface area contributed by atoms with Crippen LogP contribution in [0.4, 0.5) is 5.82 Å². The lowest BCUT2D eigenvalue weighted by atomic mass is 10.1. The fraction of sp³-hybridized carbons (Fsp3) is 0.308. The first-order valence-corrected chi connectivity index (χ1v) is 14.4. The zero-order valence-electron chi connectivity index (χ0n) is 21.1. The molecule has 3 heterocycles. The van der Waals surface area contributed by atoms with Crippen molar-refractivity contribution in [2.45, 2.75) is 30.3 Å². The van der Waals surface area contributed by atoms with Crippen LogP contribution < -0.4 is 20.1 Å². The molecule has 3 N–H and O–H groups in total. The lowest BCUT2D eigenvalue weighted by molar-refractivity contribution is -0.126. The first kappa shape index (κ1) is 26.2. The number of sulfonamides is 1. The topological polar surface area (TPSA) is 124 Å². The van der Waals surface area contributed by atoms with E-state index in [1.807, 2.05) is 43.3 Å². The van der Waals surface area contributed by atoms with Crippen LogP contribution in [-0.4, -0.2) is 57.0 Å². The Balaban J connectivity index is 1.39. The number of carbonyl (C=O) groups excluding carboxylic acids is 1. The van der Waals surface area contributed by atoms with Gasteiger partial charge >= 0.3 is 0 Å². The van der Waals surface area contributed by atoms with Crippen LogP contribution in [-0.2, 0) is 32.6 Å². The van der Waals surface area contributed by atoms with Gasteiger partial charge in [0.25, 0.3) is 10.0 Å². The molecular formula is C26H29N5O5S2. The molecule has 2 aromatic carbocycles. The largest absolute Gasteiger partial charge is 0.496 e. The number of ether oxygens (including phenoxy) is 2. The standard InChI is InChI=1S/C26H29N5O5S2/c1-17-9-10-23(37-17)38(33,34)30-25-24-21(7-4-8-22(24)35-2)31(29-25)15-19-6-3-5-18(13-19)14-28-26(32)20-16-36-12-11-27-20/h3-10,13,20,27H,11-12,14-16H2,1-2H3,(H,28,32)(H,29,30). The minimum absolute atomic E-state index is 0.0990. The summed E-state index contributed by atoms with van der Waals surface area (Å²) in [6, 6.07) is 16.3. The summed E-state index contributed by atoms with van der Waals surface area (Å²) in [4.78, 5) is 13.3. The quantitative estimate of drug-likeness (QED) is 0.290. The average molecular weight is 556 g/mol. The minimum atomic E-state index is -3.82. The van der Waals surface area contributed by atoms with Crippen molar-refractivity contribution in [2.24, 2.45) is 0 Å². The number of nitrogens with one attached hydrogen (secondary N) is 3. The van der Waals surface area contributed by atoms with Crippen LogP contribution in [0.1, 0.15) is 16.0 Å². The summed E-state index contributed by atoms with van der Waals surface area (Å²) in [7, 11) is -2.28. The molecule has 200 valence electrons. The number of anilines is 1. The number of carbonyl (C=O) groups is 1. The molecule has 1 aliphatic heterocycles. The van der Waals surface area contributed by atoms with Crippen molar-refractivity contribution < 1.29 is 22.7 Å². The van der Waals surface area contributed by atoms with Gasteiger partial charge in [0, 0.05) is 18.0 Å². The molecule has 4 aromatic rings. The van der Waals surface area contributed by atoms with Crippen LogP contribution >= 0.6 is 11.3 Å². The van der Waals surface area contributed by atoms with E-state index in [2.05, 4.69) is 20.5 Å². The minimum Gasteiger partial charge on any atom is -0.496 e. The monoisotopic (exact) mass is 555 g/mol. The summed E-state index contributed by atoms with van der Waals surface area (Å²) < 4.78 is 41.7. The van der Waals surface area contributed by atoms with E-state index in [4.69, 9.17) is 9.47 Å². The highest BCUT2D eigenvalue weighted by molar-refractivity contribution is 7.94. The van der Waals surface area contributed by atoms with Crippen LogP contribution in [0.3, 0.4) is 0 Å². The first-order valence-electron chi connectivity index (χ1n) is 12.1. The van der Waals surface area contributed by atoms with Gasteiger partial charge in [-0.2, -0.15) is 5.10 Å². The third-order valence-electron chi connectivity index (χ3n) is 6.20. The normalized spacial score (nSPS) is 15.9. The Bertz CT molecular complexity index is 1560. The van der Waals surface area contributed by atoms with E-state index >= 15 is 0 Å². The number of methoxy groups -OCH3 is 1. The smallest absolute Gasteiger partial charge is 0.272 e. The summed E-state index contributed by atoms with van der Waals surface area (Å²) in [5.41, 5.74) is 2.62. The SMILES string of the molecule is COc1cccc2c1c(NS(=O)(=O)c1ccc(C)s1)nn2Cc1cccc(CNC(=O)C2COCCN2)c1. The maximum atomic E-state index is 13.1. The second-order valence-corrected chi connectivity index (χ2v) is 12.1. The molecule has 10 nitrogen and oxygen atoms in total. The third-order valence-corrected chi connectivity index (χ3v) is 9.03. The summed E-state index contributed by atoms with van der Waals surface area (Å²) in [6.07, 6.45) is 0. The van der Waals surface area contributed by atoms with E-state index in [9.17, 15) is 13.2 Å². The molecule has 1 aliphatic rings. The number of hydrogen-bond acceptors (Lipinski definition) is 8. The summed E-state index contributed by atoms with van der Waals surface area (Å²) in [5.74, 6) is 0.623. The van der Waals surface area contributed by atoms with Crippen molar-refractivity contribution in [3.05, 3.63) is 70.6 Å². The number of morpholine rings is 1. The average Bonchev–Trinajstić information content (AvgIpc) is 3.52. The lowest BCUT2D eigenvalue weighted by Crippen LogP contribution is -2.51. The molecular weight excluding hydrogens is 526 g/mol. The van der Waals surface area contributed by atoms with Crippen LogP contribution in [0.15, 0.2) is 58.8 Å². The Kier molecular flexibility index (Phi) is 7.65. The number of amides is 1. The van der Waals surface area contributed by atoms with Gasteiger partial charge in [0.2, 0.25) is 5.91 Å². The molecule has 0 bridgehead atoms.